The largest absolute Gasteiger partial charge is 0.353 e. The number of nitrogens with one attached hydrogen (secondary N) is 1. The van der Waals surface area contributed by atoms with Gasteiger partial charge in [0.15, 0.2) is 0 Å². The Balaban J connectivity index is 1.33. The molecular formula is C29H29FN4O4. The van der Waals surface area contributed by atoms with Gasteiger partial charge in [-0.3, -0.25) is 24.3 Å². The quantitative estimate of drug-likeness (QED) is 0.544. The molecule has 3 heterocycles. The zero-order chi connectivity index (χ0) is 26.5. The van der Waals surface area contributed by atoms with Crippen LogP contribution in [0.15, 0.2) is 79.1 Å². The standard InChI is InChI=1S/C29H29FN4O4/c30-24-8-6-23(7-9-24)28(37)34-25(27(36)32-19-22-10-14-31-15-11-22)20-38-29(34)12-16-33(17-13-29)26(35)18-21-4-2-1-3-5-21/h1-11,14-15,25H,12-13,16-20H2,(H,32,36). The minimum absolute atomic E-state index is 0.00658. The molecule has 5 rings (SSSR count). The van der Waals surface area contributed by atoms with Crippen molar-refractivity contribution in [2.24, 2.45) is 0 Å². The van der Waals surface area contributed by atoms with Crippen molar-refractivity contribution < 1.29 is 23.5 Å². The van der Waals surface area contributed by atoms with Gasteiger partial charge in [0.05, 0.1) is 13.0 Å². The number of rotatable bonds is 6. The summed E-state index contributed by atoms with van der Waals surface area (Å²) in [4.78, 5) is 47.2. The number of ether oxygens (including phenoxy) is 1. The fraction of sp³-hybridized carbons (Fsp3) is 0.310. The fourth-order valence-corrected chi connectivity index (χ4v) is 5.09. The summed E-state index contributed by atoms with van der Waals surface area (Å²) in [6, 6.07) is 17.6. The third kappa shape index (κ3) is 5.43. The van der Waals surface area contributed by atoms with Crippen molar-refractivity contribution in [3.8, 4) is 0 Å². The van der Waals surface area contributed by atoms with Crippen LogP contribution >= 0.6 is 0 Å². The van der Waals surface area contributed by atoms with E-state index in [1.165, 1.54) is 29.2 Å². The Morgan fingerprint density at radius 3 is 2.32 bits per heavy atom. The van der Waals surface area contributed by atoms with E-state index in [-0.39, 0.29) is 30.5 Å². The number of halogens is 1. The summed E-state index contributed by atoms with van der Waals surface area (Å²) in [6.07, 6.45) is 4.33. The first-order valence-corrected chi connectivity index (χ1v) is 12.7. The highest BCUT2D eigenvalue weighted by molar-refractivity contribution is 5.98. The highest BCUT2D eigenvalue weighted by atomic mass is 19.1. The number of carbonyl (C=O) groups excluding carboxylic acids is 3. The lowest BCUT2D eigenvalue weighted by molar-refractivity contribution is -0.143. The maximum atomic E-state index is 13.7. The van der Waals surface area contributed by atoms with E-state index in [9.17, 15) is 18.8 Å². The predicted octanol–water partition coefficient (Wildman–Crippen LogP) is 2.94. The van der Waals surface area contributed by atoms with Crippen LogP contribution in [-0.2, 0) is 27.3 Å². The van der Waals surface area contributed by atoms with E-state index in [1.54, 1.807) is 29.4 Å². The van der Waals surface area contributed by atoms with Crippen LogP contribution in [0.2, 0.25) is 0 Å². The second kappa shape index (κ2) is 11.1. The zero-order valence-electron chi connectivity index (χ0n) is 20.9. The molecular weight excluding hydrogens is 487 g/mol. The van der Waals surface area contributed by atoms with Crippen molar-refractivity contribution in [2.75, 3.05) is 19.7 Å². The maximum Gasteiger partial charge on any atom is 0.256 e. The predicted molar refractivity (Wildman–Crippen MR) is 137 cm³/mol. The molecule has 1 aromatic heterocycles. The molecule has 8 nitrogen and oxygen atoms in total. The summed E-state index contributed by atoms with van der Waals surface area (Å²) in [5.74, 6) is -1.19. The average Bonchev–Trinajstić information content (AvgIpc) is 3.31. The van der Waals surface area contributed by atoms with E-state index < -0.39 is 23.5 Å². The SMILES string of the molecule is O=C(NCc1ccncc1)C1COC2(CCN(C(=O)Cc3ccccc3)CC2)N1C(=O)c1ccc(F)cc1. The van der Waals surface area contributed by atoms with Crippen LogP contribution in [0.5, 0.6) is 0 Å². The van der Waals surface area contributed by atoms with Gasteiger partial charge in [-0.2, -0.15) is 0 Å². The number of amides is 3. The van der Waals surface area contributed by atoms with Gasteiger partial charge in [0.1, 0.15) is 17.6 Å². The molecule has 3 aromatic rings. The number of benzene rings is 2. The molecule has 2 aliphatic heterocycles. The van der Waals surface area contributed by atoms with Crippen molar-refractivity contribution in [3.05, 3.63) is 102 Å². The fourth-order valence-electron chi connectivity index (χ4n) is 5.09. The number of likely N-dealkylation sites (tertiary alicyclic amines) is 1. The molecule has 196 valence electrons. The molecule has 2 aliphatic rings. The van der Waals surface area contributed by atoms with Crippen molar-refractivity contribution >= 4 is 17.7 Å². The van der Waals surface area contributed by atoms with Crippen molar-refractivity contribution in [1.82, 2.24) is 20.1 Å². The van der Waals surface area contributed by atoms with E-state index in [0.29, 0.717) is 32.4 Å². The van der Waals surface area contributed by atoms with E-state index in [2.05, 4.69) is 10.3 Å². The summed E-state index contributed by atoms with van der Waals surface area (Å²) in [5.41, 5.74) is 1.05. The van der Waals surface area contributed by atoms with E-state index in [0.717, 1.165) is 11.1 Å². The summed E-state index contributed by atoms with van der Waals surface area (Å²) in [6.45, 7) is 1.10. The number of nitrogens with zero attached hydrogens (tertiary/aromatic N) is 3. The van der Waals surface area contributed by atoms with Crippen molar-refractivity contribution in [3.63, 3.8) is 0 Å². The molecule has 9 heteroatoms. The number of aromatic nitrogens is 1. The summed E-state index contributed by atoms with van der Waals surface area (Å²) in [7, 11) is 0. The minimum Gasteiger partial charge on any atom is -0.353 e. The van der Waals surface area contributed by atoms with E-state index in [1.807, 2.05) is 30.3 Å². The number of piperidine rings is 1. The van der Waals surface area contributed by atoms with E-state index in [4.69, 9.17) is 4.74 Å². The van der Waals surface area contributed by atoms with Gasteiger partial charge >= 0.3 is 0 Å². The molecule has 0 saturated carbocycles. The first-order valence-electron chi connectivity index (χ1n) is 12.7. The van der Waals surface area contributed by atoms with Gasteiger partial charge in [0.25, 0.3) is 5.91 Å². The molecule has 1 spiro atoms. The van der Waals surface area contributed by atoms with Gasteiger partial charge in [0.2, 0.25) is 11.8 Å². The highest BCUT2D eigenvalue weighted by Gasteiger charge is 2.54. The Morgan fingerprint density at radius 1 is 0.947 bits per heavy atom. The Bertz CT molecular complexity index is 1280. The first kappa shape index (κ1) is 25.5. The van der Waals surface area contributed by atoms with Crippen molar-refractivity contribution in [1.29, 1.82) is 0 Å². The lowest BCUT2D eigenvalue weighted by atomic mass is 9.96. The molecule has 3 amide bonds. The number of pyridine rings is 1. The zero-order valence-corrected chi connectivity index (χ0v) is 20.9. The third-order valence-corrected chi connectivity index (χ3v) is 7.18. The molecule has 0 bridgehead atoms. The van der Waals surface area contributed by atoms with Crippen LogP contribution < -0.4 is 5.32 Å². The van der Waals surface area contributed by atoms with Gasteiger partial charge in [-0.25, -0.2) is 4.39 Å². The lowest BCUT2D eigenvalue weighted by Crippen LogP contribution is -2.59. The Hall–Kier alpha value is -4.11. The molecule has 1 atom stereocenters. The van der Waals surface area contributed by atoms with Gasteiger partial charge in [-0.15, -0.1) is 0 Å². The third-order valence-electron chi connectivity index (χ3n) is 7.18. The Labute approximate surface area is 220 Å². The van der Waals surface area contributed by atoms with Crippen LogP contribution in [0.3, 0.4) is 0 Å². The van der Waals surface area contributed by atoms with Crippen LogP contribution in [-0.4, -0.2) is 64.0 Å². The van der Waals surface area contributed by atoms with Crippen LogP contribution in [0.1, 0.15) is 34.3 Å². The summed E-state index contributed by atoms with van der Waals surface area (Å²) < 4.78 is 19.8. The molecule has 1 N–H and O–H groups in total. The second-order valence-corrected chi connectivity index (χ2v) is 9.57. The Morgan fingerprint density at radius 2 is 1.63 bits per heavy atom. The van der Waals surface area contributed by atoms with Gasteiger partial charge in [0, 0.05) is 50.4 Å². The van der Waals surface area contributed by atoms with Gasteiger partial charge in [-0.05, 0) is 47.5 Å². The summed E-state index contributed by atoms with van der Waals surface area (Å²) in [5, 5.41) is 2.90. The molecule has 2 saturated heterocycles. The molecule has 2 fully saturated rings. The molecule has 1 unspecified atom stereocenters. The smallest absolute Gasteiger partial charge is 0.256 e. The average molecular weight is 517 g/mol. The number of hydrogen-bond donors (Lipinski definition) is 1. The van der Waals surface area contributed by atoms with Gasteiger partial charge in [-0.1, -0.05) is 30.3 Å². The van der Waals surface area contributed by atoms with Crippen LogP contribution in [0.25, 0.3) is 0 Å². The number of hydrogen-bond acceptors (Lipinski definition) is 5. The second-order valence-electron chi connectivity index (χ2n) is 9.57. The number of carbonyl (C=O) groups is 3. The normalized spacial score (nSPS) is 18.4. The molecule has 38 heavy (non-hydrogen) atoms. The van der Waals surface area contributed by atoms with Gasteiger partial charge < -0.3 is 15.0 Å². The minimum atomic E-state index is -1.03. The topological polar surface area (TPSA) is 91.8 Å². The van der Waals surface area contributed by atoms with Crippen LogP contribution in [0.4, 0.5) is 4.39 Å². The summed E-state index contributed by atoms with van der Waals surface area (Å²) >= 11 is 0. The molecule has 2 aromatic carbocycles. The van der Waals surface area contributed by atoms with Crippen molar-refractivity contribution in [2.45, 2.75) is 37.6 Å². The first-order chi connectivity index (χ1) is 18.4. The molecule has 0 radical (unpaired) electrons. The van der Waals surface area contributed by atoms with Crippen LogP contribution in [0, 0.1) is 5.82 Å². The lowest BCUT2D eigenvalue weighted by Gasteiger charge is -2.44. The molecule has 0 aliphatic carbocycles. The Kier molecular flexibility index (Phi) is 7.46. The monoisotopic (exact) mass is 516 g/mol. The maximum absolute atomic E-state index is 13.7. The van der Waals surface area contributed by atoms with E-state index >= 15 is 0 Å². The highest BCUT2D eigenvalue weighted by Crippen LogP contribution is 2.38.